The second-order valence-electron chi connectivity index (χ2n) is 2.85. The van der Waals surface area contributed by atoms with Gasteiger partial charge in [-0.3, -0.25) is 4.79 Å². The van der Waals surface area contributed by atoms with Gasteiger partial charge in [-0.05, 0) is 14.1 Å². The molecule has 0 aromatic heterocycles. The van der Waals surface area contributed by atoms with Crippen molar-refractivity contribution in [2.45, 2.75) is 6.10 Å². The third-order valence-electron chi connectivity index (χ3n) is 1.38. The zero-order valence-corrected chi connectivity index (χ0v) is 7.58. The van der Waals surface area contributed by atoms with Crippen molar-refractivity contribution in [3.8, 4) is 0 Å². The van der Waals surface area contributed by atoms with Gasteiger partial charge < -0.3 is 21.1 Å². The second kappa shape index (κ2) is 5.93. The van der Waals surface area contributed by atoms with Gasteiger partial charge in [-0.1, -0.05) is 0 Å². The summed E-state index contributed by atoms with van der Waals surface area (Å²) in [6, 6.07) is 0. The summed E-state index contributed by atoms with van der Waals surface area (Å²) in [5.74, 6) is -0.403. The van der Waals surface area contributed by atoms with Crippen molar-refractivity contribution in [1.29, 1.82) is 0 Å². The molecule has 0 saturated heterocycles. The summed E-state index contributed by atoms with van der Waals surface area (Å²) < 4.78 is 0. The minimum absolute atomic E-state index is 0.0339. The number of amides is 1. The first-order valence-electron chi connectivity index (χ1n) is 3.88. The van der Waals surface area contributed by atoms with Crippen LogP contribution in [-0.4, -0.2) is 55.7 Å². The molecule has 0 fully saturated rings. The maximum Gasteiger partial charge on any atom is 0.250 e. The average molecular weight is 175 g/mol. The molecule has 12 heavy (non-hydrogen) atoms. The predicted octanol–water partition coefficient (Wildman–Crippen LogP) is -2.02. The van der Waals surface area contributed by atoms with Gasteiger partial charge in [0.05, 0.1) is 0 Å². The Balaban J connectivity index is 3.44. The predicted molar refractivity (Wildman–Crippen MR) is 46.6 cm³/mol. The maximum atomic E-state index is 10.9. The molecule has 72 valence electrons. The molecule has 0 bridgehead atoms. The summed E-state index contributed by atoms with van der Waals surface area (Å²) in [6.45, 7) is 1.25. The quantitative estimate of drug-likeness (QED) is 0.451. The van der Waals surface area contributed by atoms with E-state index in [9.17, 15) is 4.79 Å². The molecule has 1 unspecified atom stereocenters. The molecule has 1 atom stereocenters. The van der Waals surface area contributed by atoms with Gasteiger partial charge in [-0.2, -0.15) is 0 Å². The van der Waals surface area contributed by atoms with Gasteiger partial charge in [0, 0.05) is 19.6 Å². The molecule has 0 aliphatic carbocycles. The van der Waals surface area contributed by atoms with E-state index in [2.05, 4.69) is 5.32 Å². The molecule has 4 N–H and O–H groups in total. The lowest BCUT2D eigenvalue weighted by molar-refractivity contribution is -0.128. The number of carbonyl (C=O) groups excluding carboxylic acids is 1. The van der Waals surface area contributed by atoms with Crippen molar-refractivity contribution < 1.29 is 9.90 Å². The third kappa shape index (κ3) is 5.06. The summed E-state index contributed by atoms with van der Waals surface area (Å²) in [4.78, 5) is 12.8. The number of aliphatic hydroxyl groups excluding tert-OH is 1. The Bertz CT molecular complexity index is 139. The molecule has 0 aliphatic rings. The molecule has 0 radical (unpaired) electrons. The number of aliphatic hydroxyl groups is 1. The zero-order valence-electron chi connectivity index (χ0n) is 7.58. The fraction of sp³-hybridized carbons (Fsp3) is 0.857. The van der Waals surface area contributed by atoms with E-state index < -0.39 is 12.0 Å². The lowest BCUT2D eigenvalue weighted by atomic mass is 10.3. The zero-order chi connectivity index (χ0) is 9.56. The van der Waals surface area contributed by atoms with Gasteiger partial charge in [-0.15, -0.1) is 0 Å². The van der Waals surface area contributed by atoms with Gasteiger partial charge in [-0.25, -0.2) is 0 Å². The van der Waals surface area contributed by atoms with Gasteiger partial charge >= 0.3 is 0 Å². The van der Waals surface area contributed by atoms with Gasteiger partial charge in [0.25, 0.3) is 0 Å². The van der Waals surface area contributed by atoms with Crippen LogP contribution >= 0.6 is 0 Å². The lowest BCUT2D eigenvalue weighted by Crippen LogP contribution is -2.41. The van der Waals surface area contributed by atoms with E-state index >= 15 is 0 Å². The Hall–Kier alpha value is -0.650. The van der Waals surface area contributed by atoms with Crippen molar-refractivity contribution in [2.75, 3.05) is 33.7 Å². The highest BCUT2D eigenvalue weighted by Gasteiger charge is 2.10. The van der Waals surface area contributed by atoms with E-state index in [1.54, 1.807) is 0 Å². The highest BCUT2D eigenvalue weighted by Crippen LogP contribution is 1.78. The summed E-state index contributed by atoms with van der Waals surface area (Å²) in [6.07, 6.45) is -1.08. The summed E-state index contributed by atoms with van der Waals surface area (Å²) in [5, 5.41) is 11.5. The van der Waals surface area contributed by atoms with E-state index in [0.717, 1.165) is 6.54 Å². The van der Waals surface area contributed by atoms with Crippen LogP contribution in [-0.2, 0) is 4.79 Å². The van der Waals surface area contributed by atoms with E-state index in [1.807, 2.05) is 19.0 Å². The van der Waals surface area contributed by atoms with Crippen LogP contribution in [0.4, 0.5) is 0 Å². The minimum Gasteiger partial charge on any atom is -0.382 e. The third-order valence-corrected chi connectivity index (χ3v) is 1.38. The van der Waals surface area contributed by atoms with E-state index in [0.29, 0.717) is 6.54 Å². The van der Waals surface area contributed by atoms with Crippen molar-refractivity contribution in [2.24, 2.45) is 5.73 Å². The topological polar surface area (TPSA) is 78.6 Å². The maximum absolute atomic E-state index is 10.9. The lowest BCUT2D eigenvalue weighted by Gasteiger charge is -2.12. The largest absolute Gasteiger partial charge is 0.382 e. The average Bonchev–Trinajstić information content (AvgIpc) is 2.02. The number of nitrogens with two attached hydrogens (primary N) is 1. The molecule has 0 spiro atoms. The Morgan fingerprint density at radius 3 is 2.67 bits per heavy atom. The van der Waals surface area contributed by atoms with Crippen molar-refractivity contribution >= 4 is 5.91 Å². The van der Waals surface area contributed by atoms with Crippen LogP contribution in [0, 0.1) is 0 Å². The first kappa shape index (κ1) is 11.4. The smallest absolute Gasteiger partial charge is 0.250 e. The van der Waals surface area contributed by atoms with E-state index in [-0.39, 0.29) is 6.54 Å². The Morgan fingerprint density at radius 1 is 1.67 bits per heavy atom. The number of hydrogen-bond acceptors (Lipinski definition) is 4. The highest BCUT2D eigenvalue weighted by atomic mass is 16.3. The molecule has 1 amide bonds. The summed E-state index contributed by atoms with van der Waals surface area (Å²) in [7, 11) is 3.82. The van der Waals surface area contributed by atoms with Crippen LogP contribution in [0.3, 0.4) is 0 Å². The molecular formula is C7H17N3O2. The minimum atomic E-state index is -1.08. The van der Waals surface area contributed by atoms with Crippen LogP contribution in [0.5, 0.6) is 0 Å². The number of nitrogens with one attached hydrogen (secondary N) is 1. The van der Waals surface area contributed by atoms with Crippen LogP contribution in [0.15, 0.2) is 0 Å². The number of likely N-dealkylation sites (N-methyl/N-ethyl adjacent to an activating group) is 1. The normalized spacial score (nSPS) is 13.1. The molecule has 0 aliphatic heterocycles. The molecule has 0 aromatic rings. The highest BCUT2D eigenvalue weighted by molar-refractivity contribution is 5.80. The Labute approximate surface area is 72.5 Å². The standard InChI is InChI=1S/C7H17N3O2/c1-10(2)4-3-9-7(12)6(11)5-8/h6,11H,3-5,8H2,1-2H3,(H,9,12). The Kier molecular flexibility index (Phi) is 5.61. The molecule has 0 saturated carbocycles. The van der Waals surface area contributed by atoms with Gasteiger partial charge in [0.1, 0.15) is 6.10 Å². The number of hydrogen-bond donors (Lipinski definition) is 3. The van der Waals surface area contributed by atoms with Crippen LogP contribution in [0.1, 0.15) is 0 Å². The van der Waals surface area contributed by atoms with Crippen LogP contribution in [0.25, 0.3) is 0 Å². The summed E-state index contributed by atoms with van der Waals surface area (Å²) >= 11 is 0. The molecule has 5 nitrogen and oxygen atoms in total. The number of rotatable bonds is 5. The fourth-order valence-electron chi connectivity index (χ4n) is 0.628. The van der Waals surface area contributed by atoms with Crippen molar-refractivity contribution in [1.82, 2.24) is 10.2 Å². The van der Waals surface area contributed by atoms with Gasteiger partial charge in [0.15, 0.2) is 0 Å². The van der Waals surface area contributed by atoms with Crippen molar-refractivity contribution in [3.05, 3.63) is 0 Å². The SMILES string of the molecule is CN(C)CCNC(=O)C(O)CN. The fourth-order valence-corrected chi connectivity index (χ4v) is 0.628. The number of nitrogens with zero attached hydrogens (tertiary/aromatic N) is 1. The monoisotopic (exact) mass is 175 g/mol. The first-order chi connectivity index (χ1) is 5.57. The number of carbonyl (C=O) groups is 1. The molecule has 5 heteroatoms. The van der Waals surface area contributed by atoms with Crippen molar-refractivity contribution in [3.63, 3.8) is 0 Å². The van der Waals surface area contributed by atoms with Crippen LogP contribution in [0.2, 0.25) is 0 Å². The van der Waals surface area contributed by atoms with Gasteiger partial charge in [0.2, 0.25) is 5.91 Å². The molecule has 0 heterocycles. The summed E-state index contributed by atoms with van der Waals surface area (Å²) in [5.41, 5.74) is 5.08. The molecule has 0 rings (SSSR count). The molecule has 0 aromatic carbocycles. The van der Waals surface area contributed by atoms with E-state index in [4.69, 9.17) is 10.8 Å². The van der Waals surface area contributed by atoms with Crippen LogP contribution < -0.4 is 11.1 Å². The second-order valence-corrected chi connectivity index (χ2v) is 2.85. The Morgan fingerprint density at radius 2 is 2.25 bits per heavy atom. The molecular weight excluding hydrogens is 158 g/mol. The first-order valence-corrected chi connectivity index (χ1v) is 3.88. The van der Waals surface area contributed by atoms with E-state index in [1.165, 1.54) is 0 Å².